The highest BCUT2D eigenvalue weighted by molar-refractivity contribution is 6.30. The van der Waals surface area contributed by atoms with Gasteiger partial charge in [-0.2, -0.15) is 5.10 Å². The van der Waals surface area contributed by atoms with Crippen LogP contribution in [0, 0.1) is 6.92 Å². The van der Waals surface area contributed by atoms with Crippen LogP contribution in [0.4, 0.5) is 10.6 Å². The Morgan fingerprint density at radius 3 is 2.62 bits per heavy atom. The molecule has 0 radical (unpaired) electrons. The first-order valence-corrected chi connectivity index (χ1v) is 13.6. The van der Waals surface area contributed by atoms with Crippen molar-refractivity contribution in [3.8, 4) is 16.9 Å². The molecule has 1 fully saturated rings. The van der Waals surface area contributed by atoms with E-state index in [4.69, 9.17) is 21.4 Å². The predicted octanol–water partition coefficient (Wildman–Crippen LogP) is 4.44. The molecule has 10 heteroatoms. The molecule has 3 heterocycles. The van der Waals surface area contributed by atoms with Gasteiger partial charge in [-0.3, -0.25) is 15.0 Å². The molecule has 2 N–H and O–H groups in total. The molecule has 1 aliphatic heterocycles. The maximum Gasteiger partial charge on any atom is 0.320 e. The second-order valence-electron chi connectivity index (χ2n) is 10.1. The summed E-state index contributed by atoms with van der Waals surface area (Å²) in [6.07, 6.45) is 1.75. The number of benzene rings is 2. The van der Waals surface area contributed by atoms with E-state index in [-0.39, 0.29) is 23.6 Å². The van der Waals surface area contributed by atoms with Crippen molar-refractivity contribution >= 4 is 23.4 Å². The average molecular weight is 561 g/mol. The number of para-hydroxylation sites is 1. The molecule has 0 bridgehead atoms. The minimum absolute atomic E-state index is 0.0719. The lowest BCUT2D eigenvalue weighted by Crippen LogP contribution is -2.42. The fourth-order valence-electron chi connectivity index (χ4n) is 5.23. The molecular weight excluding hydrogens is 528 g/mol. The second kappa shape index (κ2) is 12.1. The molecule has 0 aliphatic carbocycles. The van der Waals surface area contributed by atoms with Crippen LogP contribution in [0.2, 0.25) is 5.02 Å². The van der Waals surface area contributed by atoms with Crippen molar-refractivity contribution in [2.75, 3.05) is 38.7 Å². The van der Waals surface area contributed by atoms with Crippen molar-refractivity contribution < 1.29 is 9.53 Å². The highest BCUT2D eigenvalue weighted by Gasteiger charge is 2.35. The van der Waals surface area contributed by atoms with E-state index in [0.29, 0.717) is 29.7 Å². The molecule has 2 aromatic carbocycles. The van der Waals surface area contributed by atoms with Crippen molar-refractivity contribution in [2.45, 2.75) is 18.9 Å². The van der Waals surface area contributed by atoms with Gasteiger partial charge in [0.15, 0.2) is 0 Å². The van der Waals surface area contributed by atoms with Crippen molar-refractivity contribution in [1.82, 2.24) is 24.6 Å². The van der Waals surface area contributed by atoms with Crippen LogP contribution in [0.25, 0.3) is 16.9 Å². The van der Waals surface area contributed by atoms with Gasteiger partial charge in [0.05, 0.1) is 24.0 Å². The maximum absolute atomic E-state index is 13.5. The number of hydrogen-bond acceptors (Lipinski definition) is 5. The molecule has 2 aromatic heterocycles. The predicted molar refractivity (Wildman–Crippen MR) is 157 cm³/mol. The number of aryl methyl sites for hydroxylation is 1. The van der Waals surface area contributed by atoms with E-state index in [1.807, 2.05) is 55.5 Å². The molecule has 5 rings (SSSR count). The summed E-state index contributed by atoms with van der Waals surface area (Å²) in [6, 6.07) is 20.3. The van der Waals surface area contributed by atoms with Gasteiger partial charge in [-0.15, -0.1) is 0 Å². The largest absolute Gasteiger partial charge is 0.383 e. The fraction of sp³-hybridized carbons (Fsp3) is 0.300. The Morgan fingerprint density at radius 2 is 1.90 bits per heavy atom. The number of pyridine rings is 1. The number of amides is 2. The van der Waals surface area contributed by atoms with Crippen LogP contribution in [-0.2, 0) is 11.8 Å². The zero-order valence-corrected chi connectivity index (χ0v) is 23.6. The first kappa shape index (κ1) is 27.6. The number of hydrogen-bond donors (Lipinski definition) is 2. The van der Waals surface area contributed by atoms with E-state index in [1.54, 1.807) is 31.1 Å². The summed E-state index contributed by atoms with van der Waals surface area (Å²) in [7, 11) is 3.39. The summed E-state index contributed by atoms with van der Waals surface area (Å²) in [5.41, 5.74) is 4.03. The number of carbonyl (C=O) groups is 1. The monoisotopic (exact) mass is 560 g/mol. The number of rotatable bonds is 8. The van der Waals surface area contributed by atoms with Crippen molar-refractivity contribution in [2.24, 2.45) is 7.05 Å². The Bertz CT molecular complexity index is 1550. The number of aromatic nitrogens is 3. The Morgan fingerprint density at radius 1 is 1.10 bits per heavy atom. The number of urea groups is 1. The van der Waals surface area contributed by atoms with E-state index < -0.39 is 0 Å². The molecular formula is C30H33ClN6O3. The molecule has 1 saturated heterocycles. The lowest BCUT2D eigenvalue weighted by molar-refractivity contribution is 0.159. The van der Waals surface area contributed by atoms with Gasteiger partial charge in [0, 0.05) is 68.1 Å². The van der Waals surface area contributed by atoms with Gasteiger partial charge in [0.25, 0.3) is 0 Å². The number of likely N-dealkylation sites (tertiary alicyclic amines) is 1. The van der Waals surface area contributed by atoms with Crippen molar-refractivity contribution in [3.63, 3.8) is 0 Å². The highest BCUT2D eigenvalue weighted by Crippen LogP contribution is 2.32. The van der Waals surface area contributed by atoms with Crippen LogP contribution >= 0.6 is 11.6 Å². The van der Waals surface area contributed by atoms with E-state index in [0.717, 1.165) is 35.5 Å². The first-order valence-electron chi connectivity index (χ1n) is 13.2. The SMILES string of the molecule is COCCN1CC(NC(=O)Nc2c(C)c(-c3ccc(=O)n(C)c3)nn2-c2ccccc2)[C@H](c2cccc(Cl)c2)C1. The van der Waals surface area contributed by atoms with Crippen LogP contribution in [0.5, 0.6) is 0 Å². The highest BCUT2D eigenvalue weighted by atomic mass is 35.5. The van der Waals surface area contributed by atoms with E-state index in [9.17, 15) is 9.59 Å². The molecule has 2 amide bonds. The second-order valence-corrected chi connectivity index (χ2v) is 10.5. The van der Waals surface area contributed by atoms with Crippen LogP contribution in [-0.4, -0.2) is 64.7 Å². The number of nitrogens with zero attached hydrogens (tertiary/aromatic N) is 4. The summed E-state index contributed by atoms with van der Waals surface area (Å²) in [6.45, 7) is 4.78. The smallest absolute Gasteiger partial charge is 0.320 e. The lowest BCUT2D eigenvalue weighted by atomic mass is 9.94. The van der Waals surface area contributed by atoms with Crippen LogP contribution in [0.3, 0.4) is 0 Å². The molecule has 9 nitrogen and oxygen atoms in total. The van der Waals surface area contributed by atoms with Crippen LogP contribution in [0.1, 0.15) is 17.0 Å². The molecule has 2 atom stereocenters. The minimum Gasteiger partial charge on any atom is -0.383 e. The molecule has 1 unspecified atom stereocenters. The quantitative estimate of drug-likeness (QED) is 0.332. The lowest BCUT2D eigenvalue weighted by Gasteiger charge is -2.21. The normalized spacial score (nSPS) is 17.2. The third-order valence-electron chi connectivity index (χ3n) is 7.31. The number of anilines is 1. The number of carbonyl (C=O) groups excluding carboxylic acids is 1. The molecule has 208 valence electrons. The first-order chi connectivity index (χ1) is 19.3. The summed E-state index contributed by atoms with van der Waals surface area (Å²) in [5.74, 6) is 0.628. The Kier molecular flexibility index (Phi) is 8.35. The number of halogens is 1. The van der Waals surface area contributed by atoms with Crippen molar-refractivity contribution in [3.05, 3.63) is 99.4 Å². The third kappa shape index (κ3) is 5.96. The average Bonchev–Trinajstić information content (AvgIpc) is 3.50. The van der Waals surface area contributed by atoms with Gasteiger partial charge in [-0.25, -0.2) is 9.48 Å². The van der Waals surface area contributed by atoms with E-state index in [2.05, 4.69) is 21.6 Å². The number of ether oxygens (including phenoxy) is 1. The van der Waals surface area contributed by atoms with Gasteiger partial charge in [-0.1, -0.05) is 41.9 Å². The van der Waals surface area contributed by atoms with Crippen LogP contribution < -0.4 is 16.2 Å². The molecule has 1 aliphatic rings. The summed E-state index contributed by atoms with van der Waals surface area (Å²) >= 11 is 6.31. The summed E-state index contributed by atoms with van der Waals surface area (Å²) in [4.78, 5) is 27.8. The Labute approximate surface area is 238 Å². The van der Waals surface area contributed by atoms with Gasteiger partial charge < -0.3 is 14.6 Å². The van der Waals surface area contributed by atoms with Gasteiger partial charge >= 0.3 is 6.03 Å². The third-order valence-corrected chi connectivity index (χ3v) is 7.55. The van der Waals surface area contributed by atoms with E-state index in [1.165, 1.54) is 10.6 Å². The molecule has 0 spiro atoms. The maximum atomic E-state index is 13.5. The zero-order chi connectivity index (χ0) is 28.2. The fourth-order valence-corrected chi connectivity index (χ4v) is 5.43. The molecule has 40 heavy (non-hydrogen) atoms. The zero-order valence-electron chi connectivity index (χ0n) is 22.8. The topological polar surface area (TPSA) is 93.4 Å². The van der Waals surface area contributed by atoms with Gasteiger partial charge in [0.2, 0.25) is 5.56 Å². The van der Waals surface area contributed by atoms with Crippen molar-refractivity contribution in [1.29, 1.82) is 0 Å². The summed E-state index contributed by atoms with van der Waals surface area (Å²) in [5, 5.41) is 11.8. The number of nitrogens with one attached hydrogen (secondary N) is 2. The molecule has 0 saturated carbocycles. The minimum atomic E-state index is -0.321. The van der Waals surface area contributed by atoms with E-state index >= 15 is 0 Å². The Hall–Kier alpha value is -3.92. The van der Waals surface area contributed by atoms with Crippen LogP contribution in [0.15, 0.2) is 77.7 Å². The Balaban J connectivity index is 1.44. The standard InChI is InChI=1S/C30H33ClN6O3/c1-20-28(22-12-13-27(38)35(2)17-22)34-37(24-10-5-4-6-11-24)29(20)33-30(39)32-26-19-36(14-15-40-3)18-25(26)21-8-7-9-23(31)16-21/h4-13,16-17,25-26H,14-15,18-19H2,1-3H3,(H2,32,33,39)/t25-,26?/m0/s1. The molecule has 4 aromatic rings. The van der Waals surface area contributed by atoms with Gasteiger partial charge in [0.1, 0.15) is 5.82 Å². The summed E-state index contributed by atoms with van der Waals surface area (Å²) < 4.78 is 8.53. The number of methoxy groups -OCH3 is 1. The van der Waals surface area contributed by atoms with Gasteiger partial charge in [-0.05, 0) is 42.8 Å².